The topological polar surface area (TPSA) is 58.4 Å². The van der Waals surface area contributed by atoms with Crippen LogP contribution < -0.4 is 11.1 Å². The van der Waals surface area contributed by atoms with E-state index in [1.54, 1.807) is 4.90 Å². The second kappa shape index (κ2) is 5.71. The van der Waals surface area contributed by atoms with Gasteiger partial charge in [0.25, 0.3) is 0 Å². The van der Waals surface area contributed by atoms with Crippen LogP contribution in [0.25, 0.3) is 0 Å². The van der Waals surface area contributed by atoms with Crippen molar-refractivity contribution in [3.63, 3.8) is 0 Å². The lowest BCUT2D eigenvalue weighted by Crippen LogP contribution is -2.35. The van der Waals surface area contributed by atoms with Gasteiger partial charge in [0.1, 0.15) is 5.82 Å². The zero-order valence-electron chi connectivity index (χ0n) is 10.3. The monoisotopic (exact) mass is 251 g/mol. The first-order valence-corrected chi connectivity index (χ1v) is 6.28. The summed E-state index contributed by atoms with van der Waals surface area (Å²) in [6.07, 6.45) is 4.31. The minimum absolute atomic E-state index is 0.143. The molecule has 0 unspecified atom stereocenters. The minimum Gasteiger partial charge on any atom is -0.399 e. The highest BCUT2D eigenvalue weighted by molar-refractivity contribution is 5.90. The Kier molecular flexibility index (Phi) is 4.02. The lowest BCUT2D eigenvalue weighted by molar-refractivity contribution is 0.213. The lowest BCUT2D eigenvalue weighted by Gasteiger charge is -2.21. The van der Waals surface area contributed by atoms with Crippen LogP contribution in [-0.2, 0) is 0 Å². The van der Waals surface area contributed by atoms with Gasteiger partial charge in [0.2, 0.25) is 0 Å². The van der Waals surface area contributed by atoms with Gasteiger partial charge in [-0.3, -0.25) is 0 Å². The molecule has 0 spiro atoms. The summed E-state index contributed by atoms with van der Waals surface area (Å²) < 4.78 is 13.5. The number of rotatable bonds is 1. The van der Waals surface area contributed by atoms with Crippen LogP contribution in [0.1, 0.15) is 25.7 Å². The van der Waals surface area contributed by atoms with E-state index in [-0.39, 0.29) is 11.7 Å². The van der Waals surface area contributed by atoms with Crippen LogP contribution in [0.15, 0.2) is 18.2 Å². The summed E-state index contributed by atoms with van der Waals surface area (Å²) >= 11 is 0. The normalized spacial score (nSPS) is 16.2. The molecule has 1 saturated heterocycles. The number of nitrogens with zero attached hydrogens (tertiary/aromatic N) is 1. The van der Waals surface area contributed by atoms with E-state index in [1.165, 1.54) is 18.2 Å². The Morgan fingerprint density at radius 3 is 2.56 bits per heavy atom. The van der Waals surface area contributed by atoms with Crippen molar-refractivity contribution in [1.29, 1.82) is 0 Å². The number of nitrogens with one attached hydrogen (secondary N) is 1. The molecule has 4 nitrogen and oxygen atoms in total. The SMILES string of the molecule is Nc1ccc(F)c(NC(=O)N2CCCCCC2)c1. The highest BCUT2D eigenvalue weighted by atomic mass is 19.1. The van der Waals surface area contributed by atoms with Crippen LogP contribution >= 0.6 is 0 Å². The molecule has 0 aliphatic carbocycles. The molecule has 18 heavy (non-hydrogen) atoms. The number of halogens is 1. The van der Waals surface area contributed by atoms with Crippen LogP contribution in [0.4, 0.5) is 20.6 Å². The molecule has 1 aliphatic rings. The summed E-state index contributed by atoms with van der Waals surface area (Å²) in [7, 11) is 0. The average Bonchev–Trinajstić information content (AvgIpc) is 2.62. The van der Waals surface area contributed by atoms with Crippen LogP contribution in [0.5, 0.6) is 0 Å². The third-order valence-electron chi connectivity index (χ3n) is 3.13. The van der Waals surface area contributed by atoms with Crippen molar-refractivity contribution in [3.8, 4) is 0 Å². The third kappa shape index (κ3) is 3.12. The number of benzene rings is 1. The molecule has 1 aromatic carbocycles. The van der Waals surface area contributed by atoms with Gasteiger partial charge in [-0.05, 0) is 31.0 Å². The van der Waals surface area contributed by atoms with Crippen molar-refractivity contribution in [3.05, 3.63) is 24.0 Å². The van der Waals surface area contributed by atoms with Crippen molar-refractivity contribution in [2.45, 2.75) is 25.7 Å². The predicted molar refractivity (Wildman–Crippen MR) is 69.9 cm³/mol. The van der Waals surface area contributed by atoms with Gasteiger partial charge < -0.3 is 16.0 Å². The lowest BCUT2D eigenvalue weighted by atomic mass is 10.2. The maximum atomic E-state index is 13.5. The Hall–Kier alpha value is -1.78. The van der Waals surface area contributed by atoms with E-state index < -0.39 is 5.82 Å². The van der Waals surface area contributed by atoms with Crippen molar-refractivity contribution in [2.75, 3.05) is 24.1 Å². The fraction of sp³-hybridized carbons (Fsp3) is 0.462. The average molecular weight is 251 g/mol. The fourth-order valence-electron chi connectivity index (χ4n) is 2.11. The molecule has 1 aromatic rings. The third-order valence-corrected chi connectivity index (χ3v) is 3.13. The summed E-state index contributed by atoms with van der Waals surface area (Å²) in [5, 5.41) is 2.58. The number of urea groups is 1. The molecule has 0 bridgehead atoms. The minimum atomic E-state index is -0.465. The molecular formula is C13H18FN3O. The predicted octanol–water partition coefficient (Wildman–Crippen LogP) is 2.82. The maximum Gasteiger partial charge on any atom is 0.321 e. The fourth-order valence-corrected chi connectivity index (χ4v) is 2.11. The molecule has 1 fully saturated rings. The van der Waals surface area contributed by atoms with Gasteiger partial charge >= 0.3 is 6.03 Å². The Labute approximate surface area is 106 Å². The van der Waals surface area contributed by atoms with Crippen molar-refractivity contribution >= 4 is 17.4 Å². The van der Waals surface area contributed by atoms with Gasteiger partial charge in [-0.1, -0.05) is 12.8 Å². The van der Waals surface area contributed by atoms with Crippen LogP contribution in [0.3, 0.4) is 0 Å². The quantitative estimate of drug-likeness (QED) is 0.754. The van der Waals surface area contributed by atoms with Gasteiger partial charge in [0.15, 0.2) is 0 Å². The molecule has 1 heterocycles. The molecule has 0 atom stereocenters. The van der Waals surface area contributed by atoms with Gasteiger partial charge in [0, 0.05) is 18.8 Å². The molecule has 0 radical (unpaired) electrons. The van der Waals surface area contributed by atoms with Gasteiger partial charge in [-0.15, -0.1) is 0 Å². The number of carbonyl (C=O) groups is 1. The molecule has 5 heteroatoms. The van der Waals surface area contributed by atoms with Crippen LogP contribution in [0.2, 0.25) is 0 Å². The molecule has 1 aliphatic heterocycles. The number of likely N-dealkylation sites (tertiary alicyclic amines) is 1. The number of nitrogen functional groups attached to an aromatic ring is 1. The smallest absolute Gasteiger partial charge is 0.321 e. The summed E-state index contributed by atoms with van der Waals surface area (Å²) in [6, 6.07) is 3.91. The second-order valence-corrected chi connectivity index (χ2v) is 4.57. The van der Waals surface area contributed by atoms with E-state index in [0.717, 1.165) is 38.8 Å². The van der Waals surface area contributed by atoms with E-state index in [1.807, 2.05) is 0 Å². The molecule has 0 aromatic heterocycles. The van der Waals surface area contributed by atoms with E-state index >= 15 is 0 Å². The Bertz CT molecular complexity index is 428. The van der Waals surface area contributed by atoms with E-state index in [9.17, 15) is 9.18 Å². The van der Waals surface area contributed by atoms with E-state index in [4.69, 9.17) is 5.73 Å². The molecule has 2 amide bonds. The number of amides is 2. The summed E-state index contributed by atoms with van der Waals surface area (Å²) in [4.78, 5) is 13.7. The summed E-state index contributed by atoms with van der Waals surface area (Å²) in [6.45, 7) is 1.46. The molecule has 0 saturated carbocycles. The summed E-state index contributed by atoms with van der Waals surface area (Å²) in [5.41, 5.74) is 6.15. The van der Waals surface area contributed by atoms with Gasteiger partial charge in [0.05, 0.1) is 5.69 Å². The number of hydrogen-bond donors (Lipinski definition) is 2. The number of anilines is 2. The van der Waals surface area contributed by atoms with Crippen molar-refractivity contribution in [1.82, 2.24) is 4.90 Å². The van der Waals surface area contributed by atoms with Crippen LogP contribution in [-0.4, -0.2) is 24.0 Å². The largest absolute Gasteiger partial charge is 0.399 e. The Morgan fingerprint density at radius 2 is 1.89 bits per heavy atom. The van der Waals surface area contributed by atoms with Gasteiger partial charge in [-0.25, -0.2) is 9.18 Å². The molecule has 2 rings (SSSR count). The maximum absolute atomic E-state index is 13.5. The highest BCUT2D eigenvalue weighted by Crippen LogP contribution is 2.18. The van der Waals surface area contributed by atoms with Crippen molar-refractivity contribution < 1.29 is 9.18 Å². The Balaban J connectivity index is 2.03. The van der Waals surface area contributed by atoms with Gasteiger partial charge in [-0.2, -0.15) is 0 Å². The zero-order valence-corrected chi connectivity index (χ0v) is 10.3. The number of carbonyl (C=O) groups excluding carboxylic acids is 1. The first kappa shape index (κ1) is 12.7. The van der Waals surface area contributed by atoms with Crippen LogP contribution in [0, 0.1) is 5.82 Å². The first-order valence-electron chi connectivity index (χ1n) is 6.28. The van der Waals surface area contributed by atoms with Crippen molar-refractivity contribution in [2.24, 2.45) is 0 Å². The molecule has 98 valence electrons. The Morgan fingerprint density at radius 1 is 1.22 bits per heavy atom. The first-order chi connectivity index (χ1) is 8.66. The number of nitrogens with two attached hydrogens (primary N) is 1. The second-order valence-electron chi connectivity index (χ2n) is 4.57. The summed E-state index contributed by atoms with van der Waals surface area (Å²) in [5.74, 6) is -0.465. The standard InChI is InChI=1S/C13H18FN3O/c14-11-6-5-10(15)9-12(11)16-13(18)17-7-3-1-2-4-8-17/h5-6,9H,1-4,7-8,15H2,(H,16,18). The van der Waals surface area contributed by atoms with E-state index in [0.29, 0.717) is 5.69 Å². The molecular weight excluding hydrogens is 233 g/mol. The zero-order chi connectivity index (χ0) is 13.0. The highest BCUT2D eigenvalue weighted by Gasteiger charge is 2.16. The number of hydrogen-bond acceptors (Lipinski definition) is 2. The van der Waals surface area contributed by atoms with E-state index in [2.05, 4.69) is 5.32 Å². The molecule has 3 N–H and O–H groups in total.